The number of carbonyl (C=O) groups is 1. The highest BCUT2D eigenvalue weighted by molar-refractivity contribution is 5.76. The van der Waals surface area contributed by atoms with Gasteiger partial charge in [0.15, 0.2) is 0 Å². The number of nitrogens with one attached hydrogen (secondary N) is 1. The fraction of sp³-hybridized carbons (Fsp3) is 0.769. The molecule has 2 aliphatic heterocycles. The molecule has 1 atom stereocenters. The molecule has 19 heavy (non-hydrogen) atoms. The Bertz CT molecular complexity index is 470. The van der Waals surface area contributed by atoms with Crippen LogP contribution in [0, 0.1) is 0 Å². The van der Waals surface area contributed by atoms with Crippen LogP contribution in [0.3, 0.4) is 0 Å². The van der Waals surface area contributed by atoms with E-state index in [4.69, 9.17) is 0 Å². The number of piperidine rings is 1. The standard InChI is InChI=1S/C13H21N5O/c1-17-9-10(5-6-13(17)19)14-8-12-16-15-11-4-2-3-7-18(11)12/h10,14H,2-9H2,1H3. The second-order valence-corrected chi connectivity index (χ2v) is 5.53. The van der Waals surface area contributed by atoms with Crippen LogP contribution in [0.2, 0.25) is 0 Å². The molecule has 3 heterocycles. The van der Waals surface area contributed by atoms with E-state index in [1.165, 1.54) is 12.8 Å². The molecule has 2 aliphatic rings. The Balaban J connectivity index is 1.58. The van der Waals surface area contributed by atoms with Gasteiger partial charge < -0.3 is 14.8 Å². The molecule has 0 saturated carbocycles. The predicted molar refractivity (Wildman–Crippen MR) is 70.5 cm³/mol. The first-order valence-corrected chi connectivity index (χ1v) is 7.12. The molecule has 1 fully saturated rings. The van der Waals surface area contributed by atoms with Crippen LogP contribution >= 0.6 is 0 Å². The maximum absolute atomic E-state index is 11.4. The summed E-state index contributed by atoms with van der Waals surface area (Å²) in [6.07, 6.45) is 5.06. The summed E-state index contributed by atoms with van der Waals surface area (Å²) in [5.41, 5.74) is 0. The minimum absolute atomic E-state index is 0.248. The Labute approximate surface area is 113 Å². The first-order chi connectivity index (χ1) is 9.24. The maximum atomic E-state index is 11.4. The fourth-order valence-electron chi connectivity index (χ4n) is 2.91. The van der Waals surface area contributed by atoms with Gasteiger partial charge in [-0.15, -0.1) is 10.2 Å². The lowest BCUT2D eigenvalue weighted by molar-refractivity contribution is -0.132. The van der Waals surface area contributed by atoms with Crippen LogP contribution in [0.5, 0.6) is 0 Å². The average Bonchev–Trinajstić information content (AvgIpc) is 2.83. The van der Waals surface area contributed by atoms with Crippen LogP contribution < -0.4 is 5.32 Å². The molecule has 0 spiro atoms. The van der Waals surface area contributed by atoms with E-state index in [1.807, 2.05) is 7.05 Å². The number of nitrogens with zero attached hydrogens (tertiary/aromatic N) is 4. The molecule has 0 bridgehead atoms. The Morgan fingerprint density at radius 2 is 2.21 bits per heavy atom. The van der Waals surface area contributed by atoms with Crippen molar-refractivity contribution < 1.29 is 4.79 Å². The van der Waals surface area contributed by atoms with Gasteiger partial charge in [0.1, 0.15) is 11.6 Å². The SMILES string of the molecule is CN1CC(NCc2nnc3n2CCCC3)CCC1=O. The molecule has 1 N–H and O–H groups in total. The summed E-state index contributed by atoms with van der Waals surface area (Å²) < 4.78 is 2.24. The number of fused-ring (bicyclic) bond motifs is 1. The van der Waals surface area contributed by atoms with Gasteiger partial charge >= 0.3 is 0 Å². The van der Waals surface area contributed by atoms with Gasteiger partial charge in [0.25, 0.3) is 0 Å². The number of hydrogen-bond acceptors (Lipinski definition) is 4. The molecule has 1 saturated heterocycles. The third-order valence-electron chi connectivity index (χ3n) is 4.11. The third-order valence-corrected chi connectivity index (χ3v) is 4.11. The second kappa shape index (κ2) is 5.28. The van der Waals surface area contributed by atoms with E-state index in [9.17, 15) is 4.79 Å². The van der Waals surface area contributed by atoms with Gasteiger partial charge in [-0.25, -0.2) is 0 Å². The van der Waals surface area contributed by atoms with Crippen molar-refractivity contribution in [1.82, 2.24) is 25.0 Å². The summed E-state index contributed by atoms with van der Waals surface area (Å²) in [5, 5.41) is 12.0. The second-order valence-electron chi connectivity index (χ2n) is 5.53. The first kappa shape index (κ1) is 12.6. The zero-order chi connectivity index (χ0) is 13.2. The zero-order valence-corrected chi connectivity index (χ0v) is 11.4. The lowest BCUT2D eigenvalue weighted by Crippen LogP contribution is -2.46. The Morgan fingerprint density at radius 3 is 3.05 bits per heavy atom. The van der Waals surface area contributed by atoms with E-state index < -0.39 is 0 Å². The highest BCUT2D eigenvalue weighted by Crippen LogP contribution is 2.15. The van der Waals surface area contributed by atoms with Crippen LogP contribution in [0.25, 0.3) is 0 Å². The molecular formula is C13H21N5O. The normalized spacial score (nSPS) is 23.5. The van der Waals surface area contributed by atoms with Gasteiger partial charge in [0, 0.05) is 39.0 Å². The number of carbonyl (C=O) groups excluding carboxylic acids is 1. The van der Waals surface area contributed by atoms with Gasteiger partial charge in [-0.05, 0) is 19.3 Å². The molecule has 104 valence electrons. The summed E-state index contributed by atoms with van der Waals surface area (Å²) >= 11 is 0. The largest absolute Gasteiger partial charge is 0.344 e. The van der Waals surface area contributed by atoms with E-state index in [-0.39, 0.29) is 5.91 Å². The summed E-state index contributed by atoms with van der Waals surface area (Å²) in [4.78, 5) is 13.2. The lowest BCUT2D eigenvalue weighted by atomic mass is 10.1. The lowest BCUT2D eigenvalue weighted by Gasteiger charge is -2.30. The first-order valence-electron chi connectivity index (χ1n) is 7.12. The van der Waals surface area contributed by atoms with Gasteiger partial charge in [0.05, 0.1) is 6.54 Å². The van der Waals surface area contributed by atoms with Gasteiger partial charge in [0.2, 0.25) is 5.91 Å². The van der Waals surface area contributed by atoms with Gasteiger partial charge in [-0.1, -0.05) is 0 Å². The van der Waals surface area contributed by atoms with Crippen molar-refractivity contribution >= 4 is 5.91 Å². The van der Waals surface area contributed by atoms with E-state index in [2.05, 4.69) is 20.1 Å². The molecule has 0 aliphatic carbocycles. The molecule has 6 heteroatoms. The summed E-state index contributed by atoms with van der Waals surface area (Å²) in [6.45, 7) is 2.59. The Kier molecular flexibility index (Phi) is 3.50. The molecule has 0 radical (unpaired) electrons. The highest BCUT2D eigenvalue weighted by Gasteiger charge is 2.23. The Morgan fingerprint density at radius 1 is 1.32 bits per heavy atom. The number of aryl methyl sites for hydroxylation is 1. The predicted octanol–water partition coefficient (Wildman–Crippen LogP) is 0.325. The number of hydrogen-bond donors (Lipinski definition) is 1. The monoisotopic (exact) mass is 263 g/mol. The van der Waals surface area contributed by atoms with Crippen LogP contribution in [0.4, 0.5) is 0 Å². The van der Waals surface area contributed by atoms with Crippen LogP contribution in [-0.4, -0.2) is 45.2 Å². The van der Waals surface area contributed by atoms with Crippen molar-refractivity contribution in [2.75, 3.05) is 13.6 Å². The summed E-state index contributed by atoms with van der Waals surface area (Å²) in [7, 11) is 1.87. The molecule has 1 aromatic rings. The minimum Gasteiger partial charge on any atom is -0.344 e. The topological polar surface area (TPSA) is 63.0 Å². The highest BCUT2D eigenvalue weighted by atomic mass is 16.2. The minimum atomic E-state index is 0.248. The average molecular weight is 263 g/mol. The van der Waals surface area contributed by atoms with Crippen LogP contribution in [-0.2, 0) is 24.3 Å². The molecule has 1 amide bonds. The van der Waals surface area contributed by atoms with Crippen LogP contribution in [0.15, 0.2) is 0 Å². The zero-order valence-electron chi connectivity index (χ0n) is 11.4. The fourth-order valence-corrected chi connectivity index (χ4v) is 2.91. The molecule has 0 aromatic carbocycles. The quantitative estimate of drug-likeness (QED) is 0.853. The maximum Gasteiger partial charge on any atom is 0.222 e. The van der Waals surface area contributed by atoms with Gasteiger partial charge in [-0.2, -0.15) is 0 Å². The van der Waals surface area contributed by atoms with E-state index in [0.717, 1.165) is 44.1 Å². The number of aromatic nitrogens is 3. The van der Waals surface area contributed by atoms with E-state index >= 15 is 0 Å². The molecular weight excluding hydrogens is 242 g/mol. The van der Waals surface area contributed by atoms with Gasteiger partial charge in [-0.3, -0.25) is 4.79 Å². The number of amides is 1. The van der Waals surface area contributed by atoms with Crippen LogP contribution in [0.1, 0.15) is 37.3 Å². The van der Waals surface area contributed by atoms with Crippen molar-refractivity contribution in [3.8, 4) is 0 Å². The van der Waals surface area contributed by atoms with E-state index in [1.54, 1.807) is 4.90 Å². The number of likely N-dealkylation sites (tertiary alicyclic amines) is 1. The van der Waals surface area contributed by atoms with Crippen molar-refractivity contribution in [3.63, 3.8) is 0 Å². The van der Waals surface area contributed by atoms with Crippen molar-refractivity contribution in [3.05, 3.63) is 11.6 Å². The summed E-state index contributed by atoms with van der Waals surface area (Å²) in [5.74, 6) is 2.41. The third kappa shape index (κ3) is 2.63. The summed E-state index contributed by atoms with van der Waals surface area (Å²) in [6, 6.07) is 0.374. The molecule has 6 nitrogen and oxygen atoms in total. The Hall–Kier alpha value is -1.43. The van der Waals surface area contributed by atoms with Crippen molar-refractivity contribution in [2.45, 2.75) is 51.2 Å². The molecule has 1 unspecified atom stereocenters. The van der Waals surface area contributed by atoms with Crippen molar-refractivity contribution in [2.24, 2.45) is 0 Å². The van der Waals surface area contributed by atoms with Crippen molar-refractivity contribution in [1.29, 1.82) is 0 Å². The number of rotatable bonds is 3. The van der Waals surface area contributed by atoms with E-state index in [0.29, 0.717) is 12.5 Å². The molecule has 3 rings (SSSR count). The smallest absolute Gasteiger partial charge is 0.222 e. The number of likely N-dealkylation sites (N-methyl/N-ethyl adjacent to an activating group) is 1. The molecule has 1 aromatic heterocycles.